The molecule has 0 aliphatic heterocycles. The van der Waals surface area contributed by atoms with Crippen molar-refractivity contribution in [2.45, 2.75) is 39.2 Å². The van der Waals surface area contributed by atoms with Crippen LogP contribution >= 0.6 is 22.9 Å². The molecule has 0 fully saturated rings. The highest BCUT2D eigenvalue weighted by Gasteiger charge is 2.28. The number of hydrogen-bond acceptors (Lipinski definition) is 7. The van der Waals surface area contributed by atoms with Gasteiger partial charge >= 0.3 is 12.1 Å². The molecule has 3 rings (SSSR count). The number of hydrogen-bond donors (Lipinski definition) is 2. The number of amides is 2. The van der Waals surface area contributed by atoms with E-state index in [1.54, 1.807) is 24.3 Å². The zero-order valence-corrected chi connectivity index (χ0v) is 22.0. The maximum absolute atomic E-state index is 13.7. The monoisotopic (exact) mass is 542 g/mol. The Balaban J connectivity index is 2.01. The van der Waals surface area contributed by atoms with E-state index in [0.29, 0.717) is 11.3 Å². The van der Waals surface area contributed by atoms with Crippen molar-refractivity contribution in [3.63, 3.8) is 0 Å². The minimum absolute atomic E-state index is 0.0191. The number of aryl methyl sites for hydroxylation is 1. The van der Waals surface area contributed by atoms with Crippen molar-refractivity contribution in [1.82, 2.24) is 0 Å². The summed E-state index contributed by atoms with van der Waals surface area (Å²) < 4.78 is 10.1. The smallest absolute Gasteiger partial charge is 0.412 e. The molecule has 37 heavy (non-hydrogen) atoms. The molecule has 0 aliphatic rings. The average molecular weight is 543 g/mol. The quantitative estimate of drug-likeness (QED) is 0.219. The number of thiophene rings is 1. The Morgan fingerprint density at radius 2 is 1.65 bits per heavy atom. The van der Waals surface area contributed by atoms with Crippen LogP contribution in [0.25, 0.3) is 0 Å². The molecule has 0 spiro atoms. The van der Waals surface area contributed by atoms with Crippen LogP contribution in [0.15, 0.2) is 54.6 Å². The molecule has 0 saturated heterocycles. The molecule has 0 unspecified atom stereocenters. The minimum atomic E-state index is -0.774. The maximum Gasteiger partial charge on any atom is 0.412 e. The van der Waals surface area contributed by atoms with Gasteiger partial charge in [-0.1, -0.05) is 61.0 Å². The van der Waals surface area contributed by atoms with Crippen molar-refractivity contribution in [3.05, 3.63) is 81.2 Å². The summed E-state index contributed by atoms with van der Waals surface area (Å²) in [5, 5.41) is 5.85. The molecule has 1 aromatic heterocycles. The number of methoxy groups -OCH3 is 1. The average Bonchev–Trinajstić information content (AvgIpc) is 3.22. The van der Waals surface area contributed by atoms with E-state index < -0.39 is 17.8 Å². The summed E-state index contributed by atoms with van der Waals surface area (Å²) in [6, 6.07) is 15.6. The fraction of sp³-hybridized carbons (Fsp3) is 0.259. The highest BCUT2D eigenvalue weighted by molar-refractivity contribution is 7.17. The van der Waals surface area contributed by atoms with Crippen LogP contribution in [0.5, 0.6) is 0 Å². The van der Waals surface area contributed by atoms with Gasteiger partial charge in [0.2, 0.25) is 5.91 Å². The molecule has 0 aliphatic carbocycles. The van der Waals surface area contributed by atoms with Gasteiger partial charge in [-0.05, 0) is 30.5 Å². The first kappa shape index (κ1) is 27.9. The first-order valence-electron chi connectivity index (χ1n) is 11.6. The molecule has 0 radical (unpaired) electrons. The molecular formula is C27H27ClN2O6S. The number of carbonyl (C=O) groups is 4. The van der Waals surface area contributed by atoms with E-state index in [2.05, 4.69) is 10.6 Å². The van der Waals surface area contributed by atoms with Gasteiger partial charge in [-0.3, -0.25) is 19.7 Å². The molecule has 0 atom stereocenters. The predicted octanol–water partition coefficient (Wildman–Crippen LogP) is 6.23. The summed E-state index contributed by atoms with van der Waals surface area (Å²) in [5.41, 5.74) is 1.30. The largest absolute Gasteiger partial charge is 0.469 e. The molecule has 2 amide bonds. The number of ketones is 1. The van der Waals surface area contributed by atoms with Gasteiger partial charge in [-0.25, -0.2) is 4.79 Å². The summed E-state index contributed by atoms with van der Waals surface area (Å²) in [6.07, 6.45) is 0.254. The zero-order chi connectivity index (χ0) is 26.8. The highest BCUT2D eigenvalue weighted by atomic mass is 35.5. The number of ether oxygens (including phenoxy) is 2. The first-order valence-corrected chi connectivity index (χ1v) is 12.8. The SMILES string of the molecule is CCCC(=O)Nc1c(CCC(=O)OC)sc(NC(=O)OCc2ccccc2)c1C(=O)c1ccccc1Cl. The van der Waals surface area contributed by atoms with Gasteiger partial charge in [0.05, 0.1) is 29.8 Å². The summed E-state index contributed by atoms with van der Waals surface area (Å²) in [6.45, 7) is 1.89. The maximum atomic E-state index is 13.7. The van der Waals surface area contributed by atoms with E-state index in [1.807, 2.05) is 37.3 Å². The Bertz CT molecular complexity index is 1280. The summed E-state index contributed by atoms with van der Waals surface area (Å²) in [4.78, 5) is 51.3. The van der Waals surface area contributed by atoms with Crippen molar-refractivity contribution >= 4 is 57.4 Å². The standard InChI is InChI=1S/C27H27ClN2O6S/c1-3-9-21(31)29-24-20(14-15-22(32)35-2)37-26(23(24)25(33)18-12-7-8-13-19(18)28)30-27(34)36-16-17-10-5-4-6-11-17/h4-8,10-13H,3,9,14-16H2,1-2H3,(H,29,31)(H,30,34). The number of anilines is 2. The van der Waals surface area contributed by atoms with E-state index in [-0.39, 0.29) is 58.6 Å². The van der Waals surface area contributed by atoms with Gasteiger partial charge in [0.1, 0.15) is 11.6 Å². The predicted molar refractivity (Wildman–Crippen MR) is 143 cm³/mol. The van der Waals surface area contributed by atoms with Crippen molar-refractivity contribution in [1.29, 1.82) is 0 Å². The topological polar surface area (TPSA) is 111 Å². The van der Waals surface area contributed by atoms with Crippen molar-refractivity contribution in [3.8, 4) is 0 Å². The van der Waals surface area contributed by atoms with Gasteiger partial charge < -0.3 is 14.8 Å². The van der Waals surface area contributed by atoms with E-state index in [0.717, 1.165) is 16.9 Å². The molecule has 2 aromatic carbocycles. The Kier molecular flexibility index (Phi) is 10.2. The van der Waals surface area contributed by atoms with Gasteiger partial charge in [-0.15, -0.1) is 11.3 Å². The normalized spacial score (nSPS) is 10.5. The lowest BCUT2D eigenvalue weighted by molar-refractivity contribution is -0.140. The molecule has 2 N–H and O–H groups in total. The Morgan fingerprint density at radius 3 is 2.32 bits per heavy atom. The molecule has 194 valence electrons. The van der Waals surface area contributed by atoms with E-state index in [9.17, 15) is 19.2 Å². The third-order valence-corrected chi connectivity index (χ3v) is 6.77. The van der Waals surface area contributed by atoms with Gasteiger partial charge in [0.15, 0.2) is 5.78 Å². The minimum Gasteiger partial charge on any atom is -0.469 e. The molecule has 0 saturated carbocycles. The van der Waals surface area contributed by atoms with Crippen molar-refractivity contribution in [2.75, 3.05) is 17.7 Å². The number of esters is 1. The van der Waals surface area contributed by atoms with Crippen LogP contribution in [0.4, 0.5) is 15.5 Å². The Morgan fingerprint density at radius 1 is 0.946 bits per heavy atom. The van der Waals surface area contributed by atoms with E-state index in [1.165, 1.54) is 7.11 Å². The van der Waals surface area contributed by atoms with Crippen LogP contribution < -0.4 is 10.6 Å². The van der Waals surface area contributed by atoms with Gasteiger partial charge in [0.25, 0.3) is 0 Å². The van der Waals surface area contributed by atoms with E-state index in [4.69, 9.17) is 21.1 Å². The van der Waals surface area contributed by atoms with Crippen LogP contribution in [-0.4, -0.2) is 30.9 Å². The zero-order valence-electron chi connectivity index (χ0n) is 20.5. The number of benzene rings is 2. The van der Waals surface area contributed by atoms with Crippen LogP contribution in [-0.2, 0) is 32.1 Å². The number of halogens is 1. The van der Waals surface area contributed by atoms with Crippen LogP contribution in [0, 0.1) is 0 Å². The number of rotatable bonds is 11. The Hall–Kier alpha value is -3.69. The third kappa shape index (κ3) is 7.65. The van der Waals surface area contributed by atoms with Crippen molar-refractivity contribution < 1.29 is 28.7 Å². The Labute approximate surface area is 223 Å². The highest BCUT2D eigenvalue weighted by Crippen LogP contribution is 2.41. The lowest BCUT2D eigenvalue weighted by Gasteiger charge is -2.12. The van der Waals surface area contributed by atoms with Gasteiger partial charge in [-0.2, -0.15) is 0 Å². The second-order valence-electron chi connectivity index (χ2n) is 7.97. The summed E-state index contributed by atoms with van der Waals surface area (Å²) in [7, 11) is 1.28. The molecule has 0 bridgehead atoms. The molecule has 3 aromatic rings. The second kappa shape index (κ2) is 13.6. The lowest BCUT2D eigenvalue weighted by atomic mass is 10.0. The van der Waals surface area contributed by atoms with Crippen LogP contribution in [0.2, 0.25) is 5.02 Å². The molecule has 8 nitrogen and oxygen atoms in total. The summed E-state index contributed by atoms with van der Waals surface area (Å²) >= 11 is 7.38. The number of carbonyl (C=O) groups excluding carboxylic acids is 4. The fourth-order valence-corrected chi connectivity index (χ4v) is 4.83. The van der Waals surface area contributed by atoms with Crippen LogP contribution in [0.1, 0.15) is 52.5 Å². The van der Waals surface area contributed by atoms with Gasteiger partial charge in [0, 0.05) is 16.9 Å². The molecule has 1 heterocycles. The molecular weight excluding hydrogens is 516 g/mol. The first-order chi connectivity index (χ1) is 17.8. The lowest BCUT2D eigenvalue weighted by Crippen LogP contribution is -2.18. The number of nitrogens with one attached hydrogen (secondary N) is 2. The summed E-state index contributed by atoms with van der Waals surface area (Å²) in [5.74, 6) is -1.24. The second-order valence-corrected chi connectivity index (χ2v) is 9.49. The van der Waals surface area contributed by atoms with E-state index >= 15 is 0 Å². The van der Waals surface area contributed by atoms with Crippen LogP contribution in [0.3, 0.4) is 0 Å². The molecule has 10 heteroatoms. The third-order valence-electron chi connectivity index (χ3n) is 5.28. The fourth-order valence-electron chi connectivity index (χ4n) is 3.47. The van der Waals surface area contributed by atoms with Crippen molar-refractivity contribution in [2.24, 2.45) is 0 Å².